The number of carbonyl (C=O) groups excluding carboxylic acids is 2. The fourth-order valence-electron chi connectivity index (χ4n) is 18.4. The van der Waals surface area contributed by atoms with E-state index >= 15 is 0 Å². The summed E-state index contributed by atoms with van der Waals surface area (Å²) < 4.78 is 11.8. The van der Waals surface area contributed by atoms with Gasteiger partial charge in [-0.25, -0.2) is 9.59 Å². The summed E-state index contributed by atoms with van der Waals surface area (Å²) in [5.74, 6) is 7.05. The molecule has 0 aromatic heterocycles. The predicted molar refractivity (Wildman–Crippen MR) is 264 cm³/mol. The molecule has 7 heteroatoms. The summed E-state index contributed by atoms with van der Waals surface area (Å²) in [5, 5.41) is 33.0. The van der Waals surface area contributed by atoms with Gasteiger partial charge in [-0.05, 0) is 183 Å². The van der Waals surface area contributed by atoms with Crippen molar-refractivity contribution in [3.63, 3.8) is 0 Å². The number of aliphatic hydroxyl groups is 3. The maximum Gasteiger partial charge on any atom is 0.338 e. The zero-order valence-corrected chi connectivity index (χ0v) is 43.5. The van der Waals surface area contributed by atoms with Crippen molar-refractivity contribution in [2.75, 3.05) is 0 Å². The van der Waals surface area contributed by atoms with Crippen molar-refractivity contribution in [2.24, 2.45) is 92.7 Å². The van der Waals surface area contributed by atoms with E-state index in [4.69, 9.17) is 9.47 Å². The highest BCUT2D eigenvalue weighted by molar-refractivity contribution is 5.80. The number of hydrogen-bond acceptors (Lipinski definition) is 7. The van der Waals surface area contributed by atoms with Crippen molar-refractivity contribution < 1.29 is 34.4 Å². The van der Waals surface area contributed by atoms with Crippen molar-refractivity contribution in [1.82, 2.24) is 0 Å². The summed E-state index contributed by atoms with van der Waals surface area (Å²) >= 11 is 0. The first-order valence-corrected chi connectivity index (χ1v) is 28.0. The van der Waals surface area contributed by atoms with Crippen molar-refractivity contribution in [3.05, 3.63) is 23.3 Å². The fraction of sp³-hybridized carbons (Fsp3) is 0.898. The number of carbonyl (C=O) groups is 2. The van der Waals surface area contributed by atoms with Crippen LogP contribution in [0, 0.1) is 92.7 Å². The molecule has 8 aliphatic rings. The number of ether oxygens (including phenoxy) is 2. The second kappa shape index (κ2) is 19.8. The third kappa shape index (κ3) is 9.34. The van der Waals surface area contributed by atoms with Gasteiger partial charge in [-0.2, -0.15) is 0 Å². The van der Waals surface area contributed by atoms with E-state index < -0.39 is 42.5 Å². The van der Waals surface area contributed by atoms with Crippen molar-refractivity contribution in [1.29, 1.82) is 0 Å². The van der Waals surface area contributed by atoms with Crippen LogP contribution in [-0.4, -0.2) is 57.8 Å². The number of allylic oxidation sites excluding steroid dienone is 2. The number of rotatable bonds is 16. The van der Waals surface area contributed by atoms with Crippen molar-refractivity contribution in [3.8, 4) is 0 Å². The molecule has 0 aromatic rings. The summed E-state index contributed by atoms with van der Waals surface area (Å²) in [6, 6.07) is 0. The molecule has 66 heavy (non-hydrogen) atoms. The minimum Gasteiger partial charge on any atom is -0.460 e. The Labute approximate surface area is 401 Å². The summed E-state index contributed by atoms with van der Waals surface area (Å²) in [5.41, 5.74) is 3.79. The molecule has 0 amide bonds. The van der Waals surface area contributed by atoms with E-state index in [1.807, 2.05) is 0 Å². The van der Waals surface area contributed by atoms with Crippen LogP contribution < -0.4 is 0 Å². The number of hydrogen-bond donors (Lipinski definition) is 3. The first-order chi connectivity index (χ1) is 31.2. The maximum atomic E-state index is 13.4. The molecule has 3 N–H and O–H groups in total. The lowest BCUT2D eigenvalue weighted by molar-refractivity contribution is -0.182. The number of aliphatic hydroxyl groups excluding tert-OH is 3. The van der Waals surface area contributed by atoms with Crippen LogP contribution in [0.5, 0.6) is 0 Å². The molecule has 8 rings (SSSR count). The lowest BCUT2D eigenvalue weighted by atomic mass is 9.47. The van der Waals surface area contributed by atoms with Crippen LogP contribution in [-0.2, 0) is 19.1 Å². The topological polar surface area (TPSA) is 113 Å². The van der Waals surface area contributed by atoms with Crippen LogP contribution in [0.1, 0.15) is 210 Å². The Morgan fingerprint density at radius 2 is 0.939 bits per heavy atom. The molecule has 0 bridgehead atoms. The molecule has 10 unspecified atom stereocenters. The Hall–Kier alpha value is -1.70. The molecular formula is C59H96O7. The maximum absolute atomic E-state index is 13.4. The van der Waals surface area contributed by atoms with Gasteiger partial charge in [0.05, 0.1) is 0 Å². The number of fused-ring (bicyclic) bond motifs is 10. The second-order valence-corrected chi connectivity index (χ2v) is 26.6. The lowest BCUT2D eigenvalue weighted by Crippen LogP contribution is -2.52. The van der Waals surface area contributed by atoms with Gasteiger partial charge in [0.15, 0.2) is 12.2 Å². The minimum atomic E-state index is -2.05. The summed E-state index contributed by atoms with van der Waals surface area (Å²) in [4.78, 5) is 26.7. The van der Waals surface area contributed by atoms with E-state index in [0.29, 0.717) is 60.2 Å². The Bertz CT molecular complexity index is 1660. The quantitative estimate of drug-likeness (QED) is 0.104. The molecule has 6 fully saturated rings. The van der Waals surface area contributed by atoms with E-state index in [1.54, 1.807) is 0 Å². The Kier molecular flexibility index (Phi) is 15.2. The molecule has 0 spiro atoms. The van der Waals surface area contributed by atoms with Crippen LogP contribution in [0.25, 0.3) is 0 Å². The van der Waals surface area contributed by atoms with Gasteiger partial charge in [-0.15, -0.1) is 0 Å². The van der Waals surface area contributed by atoms with Crippen molar-refractivity contribution >= 4 is 11.9 Å². The number of esters is 2. The largest absolute Gasteiger partial charge is 0.460 e. The smallest absolute Gasteiger partial charge is 0.338 e. The van der Waals surface area contributed by atoms with E-state index in [1.165, 1.54) is 101 Å². The van der Waals surface area contributed by atoms with Gasteiger partial charge < -0.3 is 24.8 Å². The third-order valence-corrected chi connectivity index (χ3v) is 22.2. The Balaban J connectivity index is 0.812. The fourth-order valence-corrected chi connectivity index (χ4v) is 18.4. The second-order valence-electron chi connectivity index (χ2n) is 26.6. The molecule has 7 nitrogen and oxygen atoms in total. The van der Waals surface area contributed by atoms with Crippen molar-refractivity contribution in [2.45, 2.75) is 241 Å². The summed E-state index contributed by atoms with van der Waals surface area (Å²) in [6.45, 7) is 24.6. The lowest BCUT2D eigenvalue weighted by Gasteiger charge is -2.58. The van der Waals surface area contributed by atoms with Crippen LogP contribution in [0.15, 0.2) is 23.3 Å². The molecule has 6 saturated carbocycles. The average Bonchev–Trinajstić information content (AvgIpc) is 3.82. The van der Waals surface area contributed by atoms with Gasteiger partial charge in [-0.3, -0.25) is 0 Å². The highest BCUT2D eigenvalue weighted by Crippen LogP contribution is 2.69. The molecule has 0 heterocycles. The van der Waals surface area contributed by atoms with E-state index in [2.05, 4.69) is 81.4 Å². The summed E-state index contributed by atoms with van der Waals surface area (Å²) in [7, 11) is 0. The normalized spacial score (nSPS) is 42.8. The molecule has 0 saturated heterocycles. The van der Waals surface area contributed by atoms with Crippen LogP contribution in [0.3, 0.4) is 0 Å². The monoisotopic (exact) mass is 917 g/mol. The Morgan fingerprint density at radius 3 is 1.32 bits per heavy atom. The van der Waals surface area contributed by atoms with Gasteiger partial charge in [-0.1, -0.05) is 131 Å². The first-order valence-electron chi connectivity index (χ1n) is 28.0. The minimum absolute atomic E-state index is 0.0841. The van der Waals surface area contributed by atoms with E-state index in [-0.39, 0.29) is 10.8 Å². The molecule has 0 aliphatic heterocycles. The van der Waals surface area contributed by atoms with Gasteiger partial charge in [0.2, 0.25) is 0 Å². The molecule has 18 atom stereocenters. The predicted octanol–water partition coefficient (Wildman–Crippen LogP) is 13.0. The van der Waals surface area contributed by atoms with Gasteiger partial charge in [0.25, 0.3) is 0 Å². The standard InChI is InChI=1S/C59H96O7/c1-35(2)13-11-15-37(5)45-21-23-47-43-19-17-39-33-41(25-29-56(39,7)49(43)27-31-58(45,47)9)65-54(63)52(61)51(60)53(62)55(64)66-42-26-30-57(8)40(34-42)18-20-44-48-24-22-46(38(6)16-12-14-36(3)4)59(48,10)32-28-50(44)57/h17-18,35-38,41-53,60-62H,11-16,19-34H2,1-10H3/t37?,38?,41-,42-,43?,44?,45+,46+,47?,48?,49?,50?,51?,52?,53?,56-,57-,58+,59+/m0/s1. The van der Waals surface area contributed by atoms with Crippen LogP contribution in [0.2, 0.25) is 0 Å². The third-order valence-electron chi connectivity index (χ3n) is 22.2. The average molecular weight is 917 g/mol. The molecular weight excluding hydrogens is 821 g/mol. The highest BCUT2D eigenvalue weighted by atomic mass is 16.6. The molecule has 0 aromatic carbocycles. The van der Waals surface area contributed by atoms with Crippen LogP contribution >= 0.6 is 0 Å². The van der Waals surface area contributed by atoms with Crippen LogP contribution in [0.4, 0.5) is 0 Å². The summed E-state index contributed by atoms with van der Waals surface area (Å²) in [6.07, 6.45) is 23.4. The SMILES string of the molecule is CC(C)CCCC(C)[C@H]1CCC2C3CC=C4C[C@@H](OC(=O)C(O)C(O)C(O)C(=O)O[C@H]5CC[C@@]6(C)C(=CCC7C6CC[C@@]6(C)C7CC[C@@H]6C(C)CCCC(C)C)C5)CC[C@]4(C)C3CC[C@@]21C. The van der Waals surface area contributed by atoms with Gasteiger partial charge >= 0.3 is 11.9 Å². The molecule has 0 radical (unpaired) electrons. The zero-order valence-electron chi connectivity index (χ0n) is 43.5. The van der Waals surface area contributed by atoms with Gasteiger partial charge in [0.1, 0.15) is 18.3 Å². The van der Waals surface area contributed by atoms with Gasteiger partial charge in [0, 0.05) is 12.8 Å². The first kappa shape index (κ1) is 50.7. The van der Waals surface area contributed by atoms with E-state index in [0.717, 1.165) is 73.0 Å². The highest BCUT2D eigenvalue weighted by Gasteiger charge is 2.61. The zero-order chi connectivity index (χ0) is 47.5. The van der Waals surface area contributed by atoms with E-state index in [9.17, 15) is 24.9 Å². The molecule has 374 valence electrons. The molecule has 8 aliphatic carbocycles. The Morgan fingerprint density at radius 1 is 0.545 bits per heavy atom.